The van der Waals surface area contributed by atoms with Gasteiger partial charge in [-0.15, -0.1) is 0 Å². The van der Waals surface area contributed by atoms with Gasteiger partial charge in [-0.05, 0) is 13.8 Å². The topological polar surface area (TPSA) is 87.2 Å². The molecule has 0 aromatic rings. The summed E-state index contributed by atoms with van der Waals surface area (Å²) in [6.45, 7) is 3.67. The van der Waals surface area contributed by atoms with E-state index in [1.165, 1.54) is 18.4 Å². The number of likely N-dealkylation sites (N-methyl/N-ethyl adjacent to an activating group) is 1. The molecule has 1 fully saturated rings. The second kappa shape index (κ2) is 5.52. The van der Waals surface area contributed by atoms with Crippen molar-refractivity contribution in [3.8, 4) is 0 Å². The van der Waals surface area contributed by atoms with Crippen molar-refractivity contribution >= 4 is 16.2 Å². The molecule has 0 aliphatic carbocycles. The van der Waals surface area contributed by atoms with Crippen molar-refractivity contribution in [2.45, 2.75) is 25.9 Å². The van der Waals surface area contributed by atoms with E-state index in [9.17, 15) is 13.2 Å². The molecule has 7 nitrogen and oxygen atoms in total. The van der Waals surface area contributed by atoms with Gasteiger partial charge in [0.15, 0.2) is 0 Å². The van der Waals surface area contributed by atoms with Gasteiger partial charge in [0.25, 0.3) is 10.2 Å². The van der Waals surface area contributed by atoms with Gasteiger partial charge in [0.05, 0.1) is 25.2 Å². The van der Waals surface area contributed by atoms with Crippen LogP contribution < -0.4 is 0 Å². The molecule has 0 saturated carbocycles. The van der Waals surface area contributed by atoms with E-state index in [4.69, 9.17) is 9.84 Å². The third-order valence-corrected chi connectivity index (χ3v) is 5.44. The summed E-state index contributed by atoms with van der Waals surface area (Å²) in [5, 5.41) is 9.03. The Bertz CT molecular complexity index is 408. The highest BCUT2D eigenvalue weighted by Gasteiger charge is 2.42. The molecule has 1 saturated heterocycles. The first-order valence-electron chi connectivity index (χ1n) is 5.71. The lowest BCUT2D eigenvalue weighted by atomic mass is 10.1. The van der Waals surface area contributed by atoms with Crippen LogP contribution in [0.5, 0.6) is 0 Å². The van der Waals surface area contributed by atoms with Crippen LogP contribution in [-0.2, 0) is 19.7 Å². The Morgan fingerprint density at radius 2 is 1.89 bits per heavy atom. The lowest BCUT2D eigenvalue weighted by Gasteiger charge is -2.31. The second-order valence-corrected chi connectivity index (χ2v) is 6.73. The smallest absolute Gasteiger partial charge is 0.310 e. The number of aliphatic carboxylic acids is 1. The molecule has 0 amide bonds. The molecule has 0 aromatic heterocycles. The van der Waals surface area contributed by atoms with Crippen LogP contribution in [0.3, 0.4) is 0 Å². The molecule has 0 bridgehead atoms. The molecule has 0 aromatic carbocycles. The Morgan fingerprint density at radius 3 is 2.33 bits per heavy atom. The summed E-state index contributed by atoms with van der Waals surface area (Å²) < 4.78 is 31.9. The van der Waals surface area contributed by atoms with E-state index in [2.05, 4.69) is 0 Å². The van der Waals surface area contributed by atoms with Gasteiger partial charge < -0.3 is 9.84 Å². The van der Waals surface area contributed by atoms with Crippen LogP contribution in [0.1, 0.15) is 13.8 Å². The number of carbonyl (C=O) groups is 1. The summed E-state index contributed by atoms with van der Waals surface area (Å²) in [4.78, 5) is 11.0. The van der Waals surface area contributed by atoms with Crippen molar-refractivity contribution in [1.29, 1.82) is 0 Å². The van der Waals surface area contributed by atoms with Gasteiger partial charge in [0, 0.05) is 20.1 Å². The maximum absolute atomic E-state index is 12.2. The molecule has 8 heteroatoms. The monoisotopic (exact) mass is 280 g/mol. The third kappa shape index (κ3) is 2.82. The van der Waals surface area contributed by atoms with E-state index >= 15 is 0 Å². The zero-order chi connectivity index (χ0) is 14.1. The summed E-state index contributed by atoms with van der Waals surface area (Å²) in [6, 6.07) is -0.850. The highest BCUT2D eigenvalue weighted by Crippen LogP contribution is 2.23. The first-order chi connectivity index (χ1) is 8.19. The fraction of sp³-hybridized carbons (Fsp3) is 0.900. The number of rotatable bonds is 5. The summed E-state index contributed by atoms with van der Waals surface area (Å²) in [6.07, 6.45) is 0. The molecule has 1 aliphatic heterocycles. The Morgan fingerprint density at radius 1 is 1.33 bits per heavy atom. The molecule has 1 heterocycles. The van der Waals surface area contributed by atoms with Crippen molar-refractivity contribution in [2.24, 2.45) is 5.92 Å². The van der Waals surface area contributed by atoms with Gasteiger partial charge >= 0.3 is 5.97 Å². The maximum atomic E-state index is 12.2. The minimum atomic E-state index is -3.66. The van der Waals surface area contributed by atoms with E-state index in [1.807, 2.05) is 0 Å². The minimum Gasteiger partial charge on any atom is -0.481 e. The molecule has 2 atom stereocenters. The van der Waals surface area contributed by atoms with Gasteiger partial charge in [-0.25, -0.2) is 0 Å². The number of nitrogens with zero attached hydrogens (tertiary/aromatic N) is 2. The summed E-state index contributed by atoms with van der Waals surface area (Å²) in [7, 11) is -0.798. The quantitative estimate of drug-likeness (QED) is 0.740. The molecule has 1 aliphatic rings. The van der Waals surface area contributed by atoms with E-state index in [-0.39, 0.29) is 19.3 Å². The van der Waals surface area contributed by atoms with Crippen molar-refractivity contribution in [3.63, 3.8) is 0 Å². The number of carboxylic acid groups (broad SMARTS) is 1. The normalized spacial score (nSPS) is 25.3. The van der Waals surface area contributed by atoms with Crippen molar-refractivity contribution < 1.29 is 23.1 Å². The Kier molecular flexibility index (Phi) is 4.71. The van der Waals surface area contributed by atoms with Gasteiger partial charge in [0.1, 0.15) is 0 Å². The lowest BCUT2D eigenvalue weighted by molar-refractivity contribution is -0.142. The van der Waals surface area contributed by atoms with Gasteiger partial charge in [-0.3, -0.25) is 4.79 Å². The van der Waals surface area contributed by atoms with Gasteiger partial charge in [0.2, 0.25) is 0 Å². The summed E-state index contributed by atoms with van der Waals surface area (Å²) in [5.74, 6) is -1.85. The van der Waals surface area contributed by atoms with Crippen molar-refractivity contribution in [3.05, 3.63) is 0 Å². The molecular weight excluding hydrogens is 260 g/mol. The van der Waals surface area contributed by atoms with Crippen LogP contribution >= 0.6 is 0 Å². The van der Waals surface area contributed by atoms with Crippen LogP contribution in [0.4, 0.5) is 0 Å². The molecule has 1 N–H and O–H groups in total. The van der Waals surface area contributed by atoms with Gasteiger partial charge in [-0.1, -0.05) is 0 Å². The molecule has 1 rings (SSSR count). The van der Waals surface area contributed by atoms with Crippen LogP contribution in [-0.4, -0.2) is 67.5 Å². The Balaban J connectivity index is 2.93. The minimum absolute atomic E-state index is 0.0469. The maximum Gasteiger partial charge on any atom is 0.310 e. The molecule has 18 heavy (non-hydrogen) atoms. The fourth-order valence-corrected chi connectivity index (χ4v) is 3.27. The number of hydrogen-bond donors (Lipinski definition) is 1. The zero-order valence-corrected chi connectivity index (χ0v) is 11.8. The highest BCUT2D eigenvalue weighted by atomic mass is 32.2. The largest absolute Gasteiger partial charge is 0.481 e. The number of carboxylic acids is 1. The molecule has 0 radical (unpaired) electrons. The number of ether oxygens (including phenoxy) is 1. The number of hydrogen-bond acceptors (Lipinski definition) is 4. The molecule has 0 spiro atoms. The molecule has 2 unspecified atom stereocenters. The highest BCUT2D eigenvalue weighted by molar-refractivity contribution is 7.86. The van der Waals surface area contributed by atoms with Crippen molar-refractivity contribution in [1.82, 2.24) is 8.61 Å². The first kappa shape index (κ1) is 15.4. The van der Waals surface area contributed by atoms with E-state index < -0.39 is 28.1 Å². The lowest BCUT2D eigenvalue weighted by Crippen LogP contribution is -2.50. The molecular formula is C10H20N2O5S. The van der Waals surface area contributed by atoms with E-state index in [0.29, 0.717) is 0 Å². The van der Waals surface area contributed by atoms with E-state index in [1.54, 1.807) is 13.8 Å². The SMILES string of the molecule is CC(C)N(C)S(=O)(=O)N(C)C1COCC1C(=O)O. The average molecular weight is 280 g/mol. The van der Waals surface area contributed by atoms with Crippen LogP contribution in [0, 0.1) is 5.92 Å². The van der Waals surface area contributed by atoms with Crippen LogP contribution in [0.2, 0.25) is 0 Å². The standard InChI is InChI=1S/C10H20N2O5S/c1-7(2)11(3)18(15,16)12(4)9-6-17-5-8(9)10(13)14/h7-9H,5-6H2,1-4H3,(H,13,14). The summed E-state index contributed by atoms with van der Waals surface area (Å²) in [5.41, 5.74) is 0. The van der Waals surface area contributed by atoms with Crippen LogP contribution in [0.25, 0.3) is 0 Å². The average Bonchev–Trinajstić information content (AvgIpc) is 2.75. The zero-order valence-electron chi connectivity index (χ0n) is 11.0. The van der Waals surface area contributed by atoms with Crippen molar-refractivity contribution in [2.75, 3.05) is 27.3 Å². The molecule has 106 valence electrons. The fourth-order valence-electron chi connectivity index (χ4n) is 1.78. The predicted molar refractivity (Wildman–Crippen MR) is 65.3 cm³/mol. The van der Waals surface area contributed by atoms with Crippen LogP contribution in [0.15, 0.2) is 0 Å². The van der Waals surface area contributed by atoms with E-state index in [0.717, 1.165) is 4.31 Å². The van der Waals surface area contributed by atoms with Gasteiger partial charge in [-0.2, -0.15) is 17.0 Å². The predicted octanol–water partition coefficient (Wildman–Crippen LogP) is -0.397. The third-order valence-electron chi connectivity index (χ3n) is 3.29. The summed E-state index contributed by atoms with van der Waals surface area (Å²) >= 11 is 0. The first-order valence-corrected chi connectivity index (χ1v) is 7.10. The Labute approximate surface area is 108 Å². The second-order valence-electron chi connectivity index (χ2n) is 4.68. The Hall–Kier alpha value is -0.700.